The lowest BCUT2D eigenvalue weighted by Crippen LogP contribution is -2.00. The number of aryl methyl sites for hydroxylation is 1. The van der Waals surface area contributed by atoms with Crippen molar-refractivity contribution in [3.05, 3.63) is 16.1 Å². The zero-order valence-electron chi connectivity index (χ0n) is 8.54. The lowest BCUT2D eigenvalue weighted by molar-refractivity contribution is 0.696. The fourth-order valence-corrected chi connectivity index (χ4v) is 3.02. The first-order valence-corrected chi connectivity index (χ1v) is 6.42. The highest BCUT2D eigenvalue weighted by Crippen LogP contribution is 2.34. The fraction of sp³-hybridized carbons (Fsp3) is 0.727. The summed E-state index contributed by atoms with van der Waals surface area (Å²) in [6, 6.07) is 0. The summed E-state index contributed by atoms with van der Waals surface area (Å²) in [5, 5.41) is 3.53. The molecule has 1 aromatic rings. The molecule has 1 aliphatic rings. The maximum Gasteiger partial charge on any atom is 0.0928 e. The van der Waals surface area contributed by atoms with Crippen molar-refractivity contribution in [3.63, 3.8) is 0 Å². The van der Waals surface area contributed by atoms with E-state index in [0.29, 0.717) is 0 Å². The first-order chi connectivity index (χ1) is 6.90. The van der Waals surface area contributed by atoms with Crippen LogP contribution in [0, 0.1) is 0 Å². The summed E-state index contributed by atoms with van der Waals surface area (Å²) >= 11 is 1.81. The Labute approximate surface area is 89.5 Å². The number of aromatic nitrogens is 1. The van der Waals surface area contributed by atoms with E-state index in [2.05, 4.69) is 5.38 Å². The van der Waals surface area contributed by atoms with Crippen LogP contribution in [-0.4, -0.2) is 11.5 Å². The predicted molar refractivity (Wildman–Crippen MR) is 60.7 cm³/mol. The number of nitrogens with zero attached hydrogens (tertiary/aromatic N) is 1. The van der Waals surface area contributed by atoms with Gasteiger partial charge in [0.05, 0.1) is 10.7 Å². The Morgan fingerprint density at radius 1 is 1.43 bits per heavy atom. The van der Waals surface area contributed by atoms with E-state index < -0.39 is 0 Å². The van der Waals surface area contributed by atoms with Gasteiger partial charge in [-0.1, -0.05) is 12.8 Å². The van der Waals surface area contributed by atoms with Gasteiger partial charge in [0, 0.05) is 17.7 Å². The summed E-state index contributed by atoms with van der Waals surface area (Å²) < 4.78 is 0. The second-order valence-electron chi connectivity index (χ2n) is 4.04. The SMILES string of the molecule is NCCCc1nc(C2CCCC2)cs1. The van der Waals surface area contributed by atoms with Crippen LogP contribution in [0.1, 0.15) is 48.7 Å². The lowest BCUT2D eigenvalue weighted by Gasteiger charge is -2.02. The quantitative estimate of drug-likeness (QED) is 0.830. The molecule has 0 unspecified atom stereocenters. The van der Waals surface area contributed by atoms with E-state index >= 15 is 0 Å². The summed E-state index contributed by atoms with van der Waals surface area (Å²) in [5.41, 5.74) is 6.83. The molecule has 0 spiro atoms. The molecule has 1 fully saturated rings. The zero-order chi connectivity index (χ0) is 9.80. The van der Waals surface area contributed by atoms with Crippen molar-refractivity contribution >= 4 is 11.3 Å². The van der Waals surface area contributed by atoms with Crippen molar-refractivity contribution < 1.29 is 0 Å². The Bertz CT molecular complexity index is 277. The standard InChI is InChI=1S/C11H18N2S/c12-7-3-6-11-13-10(8-14-11)9-4-1-2-5-9/h8-9H,1-7,12H2. The third kappa shape index (κ3) is 2.34. The van der Waals surface area contributed by atoms with E-state index in [9.17, 15) is 0 Å². The van der Waals surface area contributed by atoms with Gasteiger partial charge < -0.3 is 5.73 Å². The molecule has 14 heavy (non-hydrogen) atoms. The average Bonchev–Trinajstić information content (AvgIpc) is 2.85. The number of rotatable bonds is 4. The highest BCUT2D eigenvalue weighted by Gasteiger charge is 2.19. The molecule has 0 bridgehead atoms. The summed E-state index contributed by atoms with van der Waals surface area (Å²) in [6.07, 6.45) is 7.60. The molecule has 1 heterocycles. The van der Waals surface area contributed by atoms with Crippen molar-refractivity contribution in [1.29, 1.82) is 0 Å². The molecule has 2 N–H and O–H groups in total. The largest absolute Gasteiger partial charge is 0.330 e. The van der Waals surface area contributed by atoms with E-state index in [1.807, 2.05) is 11.3 Å². The number of nitrogens with two attached hydrogens (primary N) is 1. The van der Waals surface area contributed by atoms with E-state index in [1.54, 1.807) is 0 Å². The van der Waals surface area contributed by atoms with E-state index in [0.717, 1.165) is 25.3 Å². The molecule has 0 radical (unpaired) electrons. The molecule has 0 aromatic carbocycles. The number of hydrogen-bond acceptors (Lipinski definition) is 3. The minimum Gasteiger partial charge on any atom is -0.330 e. The van der Waals surface area contributed by atoms with Crippen LogP contribution in [0.25, 0.3) is 0 Å². The Balaban J connectivity index is 1.94. The van der Waals surface area contributed by atoms with Crippen LogP contribution in [0.5, 0.6) is 0 Å². The molecule has 0 atom stereocenters. The topological polar surface area (TPSA) is 38.9 Å². The van der Waals surface area contributed by atoms with Gasteiger partial charge in [-0.05, 0) is 25.8 Å². The summed E-state index contributed by atoms with van der Waals surface area (Å²) in [7, 11) is 0. The number of thiazole rings is 1. The second kappa shape index (κ2) is 4.89. The molecular weight excluding hydrogens is 192 g/mol. The molecule has 2 nitrogen and oxygen atoms in total. The zero-order valence-corrected chi connectivity index (χ0v) is 9.35. The molecule has 78 valence electrons. The van der Waals surface area contributed by atoms with Crippen molar-refractivity contribution in [2.75, 3.05) is 6.54 Å². The third-order valence-electron chi connectivity index (χ3n) is 2.94. The normalized spacial score (nSPS) is 17.8. The van der Waals surface area contributed by atoms with E-state index in [1.165, 1.54) is 36.4 Å². The van der Waals surface area contributed by atoms with Crippen molar-refractivity contribution in [2.45, 2.75) is 44.4 Å². The maximum atomic E-state index is 5.48. The first kappa shape index (κ1) is 10.1. The summed E-state index contributed by atoms with van der Waals surface area (Å²) in [4.78, 5) is 4.69. The van der Waals surface area contributed by atoms with Crippen LogP contribution in [0.2, 0.25) is 0 Å². The van der Waals surface area contributed by atoms with Gasteiger partial charge in [-0.15, -0.1) is 11.3 Å². The van der Waals surface area contributed by atoms with Gasteiger partial charge >= 0.3 is 0 Å². The summed E-state index contributed by atoms with van der Waals surface area (Å²) in [6.45, 7) is 0.776. The van der Waals surface area contributed by atoms with E-state index in [4.69, 9.17) is 10.7 Å². The van der Waals surface area contributed by atoms with Crippen molar-refractivity contribution in [3.8, 4) is 0 Å². The Kier molecular flexibility index (Phi) is 3.54. The van der Waals surface area contributed by atoms with Gasteiger partial charge in [0.1, 0.15) is 0 Å². The molecular formula is C11H18N2S. The van der Waals surface area contributed by atoms with Crippen LogP contribution in [0.15, 0.2) is 5.38 Å². The van der Waals surface area contributed by atoms with Gasteiger partial charge in [0.2, 0.25) is 0 Å². The van der Waals surface area contributed by atoms with Gasteiger partial charge in [0.25, 0.3) is 0 Å². The highest BCUT2D eigenvalue weighted by molar-refractivity contribution is 7.09. The average molecular weight is 210 g/mol. The van der Waals surface area contributed by atoms with Crippen LogP contribution in [-0.2, 0) is 6.42 Å². The van der Waals surface area contributed by atoms with Gasteiger partial charge in [-0.25, -0.2) is 4.98 Å². The van der Waals surface area contributed by atoms with Crippen LogP contribution in [0.4, 0.5) is 0 Å². The molecule has 0 amide bonds. The second-order valence-corrected chi connectivity index (χ2v) is 4.98. The molecule has 1 aliphatic carbocycles. The molecule has 2 rings (SSSR count). The smallest absolute Gasteiger partial charge is 0.0928 e. The molecule has 0 aliphatic heterocycles. The minimum absolute atomic E-state index is 0.762. The molecule has 1 saturated carbocycles. The van der Waals surface area contributed by atoms with Gasteiger partial charge in [-0.2, -0.15) is 0 Å². The predicted octanol–water partition coefficient (Wildman–Crippen LogP) is 2.69. The highest BCUT2D eigenvalue weighted by atomic mass is 32.1. The number of hydrogen-bond donors (Lipinski definition) is 1. The minimum atomic E-state index is 0.762. The Morgan fingerprint density at radius 2 is 2.21 bits per heavy atom. The Hall–Kier alpha value is -0.410. The van der Waals surface area contributed by atoms with Crippen LogP contribution < -0.4 is 5.73 Å². The van der Waals surface area contributed by atoms with Gasteiger partial charge in [0.15, 0.2) is 0 Å². The van der Waals surface area contributed by atoms with Crippen molar-refractivity contribution in [2.24, 2.45) is 5.73 Å². The Morgan fingerprint density at radius 3 is 2.93 bits per heavy atom. The third-order valence-corrected chi connectivity index (χ3v) is 3.86. The summed E-state index contributed by atoms with van der Waals surface area (Å²) in [5.74, 6) is 0.762. The van der Waals surface area contributed by atoms with Gasteiger partial charge in [-0.3, -0.25) is 0 Å². The van der Waals surface area contributed by atoms with E-state index in [-0.39, 0.29) is 0 Å². The maximum absolute atomic E-state index is 5.48. The molecule has 3 heteroatoms. The lowest BCUT2D eigenvalue weighted by atomic mass is 10.1. The molecule has 1 aromatic heterocycles. The monoisotopic (exact) mass is 210 g/mol. The van der Waals surface area contributed by atoms with Crippen molar-refractivity contribution in [1.82, 2.24) is 4.98 Å². The first-order valence-electron chi connectivity index (χ1n) is 5.54. The van der Waals surface area contributed by atoms with Crippen LogP contribution >= 0.6 is 11.3 Å². The molecule has 0 saturated heterocycles. The fourth-order valence-electron chi connectivity index (χ4n) is 2.10. The van der Waals surface area contributed by atoms with Crippen LogP contribution in [0.3, 0.4) is 0 Å².